The summed E-state index contributed by atoms with van der Waals surface area (Å²) in [5.74, 6) is -0.466. The molecule has 1 amide bonds. The zero-order valence-electron chi connectivity index (χ0n) is 31.6. The minimum absolute atomic E-state index is 0.0319. The fourth-order valence-electron chi connectivity index (χ4n) is 5.31. The van der Waals surface area contributed by atoms with Gasteiger partial charge in [0.05, 0.1) is 26.1 Å². The normalized spacial score (nSPS) is 11.5. The van der Waals surface area contributed by atoms with E-state index in [0.717, 1.165) is 39.4 Å². The average molecular weight is 858 g/mol. The monoisotopic (exact) mass is 855 g/mol. The molecule has 6 rings (SSSR count). The summed E-state index contributed by atoms with van der Waals surface area (Å²) in [5, 5.41) is 13.3. The second-order valence-corrected chi connectivity index (χ2v) is 15.2. The maximum absolute atomic E-state index is 12.5. The molecule has 4 aromatic heterocycles. The highest BCUT2D eigenvalue weighted by Gasteiger charge is 2.17. The van der Waals surface area contributed by atoms with Crippen LogP contribution in [0.4, 0.5) is 0 Å². The summed E-state index contributed by atoms with van der Waals surface area (Å²) in [7, 11) is 0. The van der Waals surface area contributed by atoms with Crippen molar-refractivity contribution in [1.82, 2.24) is 25.3 Å². The molecule has 2 aromatic carbocycles. The van der Waals surface area contributed by atoms with Gasteiger partial charge >= 0.3 is 5.97 Å². The molecule has 2 N–H and O–H groups in total. The number of pyridine rings is 4. The number of para-hydroxylation sites is 1. The molecule has 54 heavy (non-hydrogen) atoms. The van der Waals surface area contributed by atoms with E-state index < -0.39 is 5.97 Å². The second kappa shape index (κ2) is 20.1. The highest BCUT2D eigenvalue weighted by molar-refractivity contribution is 9.11. The molecule has 282 valence electrons. The molecule has 6 aromatic rings. The van der Waals surface area contributed by atoms with E-state index >= 15 is 0 Å². The number of carboxylic acids is 1. The molecule has 0 radical (unpaired) electrons. The number of carbonyl (C=O) groups excluding carboxylic acids is 1. The van der Waals surface area contributed by atoms with E-state index in [-0.39, 0.29) is 17.7 Å². The van der Waals surface area contributed by atoms with Gasteiger partial charge in [0.2, 0.25) is 0 Å². The number of aromatic nitrogens is 4. The van der Waals surface area contributed by atoms with Gasteiger partial charge in [0, 0.05) is 47.7 Å². The predicted octanol–water partition coefficient (Wildman–Crippen LogP) is 10.8. The molecule has 9 nitrogen and oxygen atoms in total. The zero-order chi connectivity index (χ0) is 39.3. The number of ether oxygens (including phenoxy) is 1. The Kier molecular flexibility index (Phi) is 15.6. The number of aromatic carboxylic acids is 1. The van der Waals surface area contributed by atoms with E-state index in [2.05, 4.69) is 116 Å². The van der Waals surface area contributed by atoms with Crippen LogP contribution in [-0.4, -0.2) is 43.0 Å². The van der Waals surface area contributed by atoms with Crippen molar-refractivity contribution in [2.75, 3.05) is 0 Å². The smallest absolute Gasteiger partial charge is 0.354 e. The first kappa shape index (κ1) is 42.0. The second-order valence-electron chi connectivity index (χ2n) is 13.5. The van der Waals surface area contributed by atoms with E-state index in [1.807, 2.05) is 37.3 Å². The molecular weight excluding hydrogens is 810 g/mol. The first-order valence-corrected chi connectivity index (χ1v) is 19.6. The maximum atomic E-state index is 12.5. The number of rotatable bonds is 11. The topological polar surface area (TPSA) is 127 Å². The van der Waals surface area contributed by atoms with Gasteiger partial charge in [-0.25, -0.2) is 14.8 Å². The Balaban J connectivity index is 0.000000197. The largest absolute Gasteiger partial charge is 0.490 e. The fourth-order valence-corrected chi connectivity index (χ4v) is 6.18. The number of benzene rings is 2. The van der Waals surface area contributed by atoms with Crippen molar-refractivity contribution in [1.29, 1.82) is 0 Å². The first-order chi connectivity index (χ1) is 25.8. The highest BCUT2D eigenvalue weighted by atomic mass is 79.9. The summed E-state index contributed by atoms with van der Waals surface area (Å²) >= 11 is 6.68. The van der Waals surface area contributed by atoms with Crippen molar-refractivity contribution in [3.8, 4) is 5.75 Å². The van der Waals surface area contributed by atoms with Gasteiger partial charge < -0.3 is 15.2 Å². The van der Waals surface area contributed by atoms with Gasteiger partial charge in [0.1, 0.15) is 17.1 Å². The van der Waals surface area contributed by atoms with Gasteiger partial charge in [-0.15, -0.1) is 0 Å². The molecule has 0 saturated heterocycles. The number of carbonyl (C=O) groups is 2. The summed E-state index contributed by atoms with van der Waals surface area (Å²) in [5.41, 5.74) is 6.14. The van der Waals surface area contributed by atoms with Crippen LogP contribution in [0.3, 0.4) is 0 Å². The van der Waals surface area contributed by atoms with E-state index in [9.17, 15) is 9.59 Å². The quantitative estimate of drug-likeness (QED) is 0.132. The molecule has 0 bridgehead atoms. The lowest BCUT2D eigenvalue weighted by atomic mass is 9.82. The standard InChI is InChI=1S/C20H20BrN3O2.C14H22.C9H5BrN2O2/c1-3-13(2)26-18-7-5-4-6-14(18)11-23-20(25)17-9-8-15-10-22-12-16(21)19(15)24-17;1-5-12-9-7-8-10-13(12)11-14(3,4)6-2;10-6-4-11-3-5-1-2-7(9(13)14)12-8(5)6/h4-10,12-13H,3,11H2,1-2H3,(H,23,25);7-10H,5-6,11H2,1-4H3;1-4H,(H,13,14)/t13-;;/m0../s1. The Morgan fingerprint density at radius 2 is 1.30 bits per heavy atom. The molecule has 0 unspecified atom stereocenters. The summed E-state index contributed by atoms with van der Waals surface area (Å²) < 4.78 is 7.38. The van der Waals surface area contributed by atoms with E-state index in [1.165, 1.54) is 30.0 Å². The van der Waals surface area contributed by atoms with Crippen LogP contribution >= 0.6 is 31.9 Å². The van der Waals surface area contributed by atoms with Crippen molar-refractivity contribution in [3.63, 3.8) is 0 Å². The minimum atomic E-state index is -1.03. The number of halogens is 2. The van der Waals surface area contributed by atoms with Crippen molar-refractivity contribution < 1.29 is 19.4 Å². The number of carboxylic acid groups (broad SMARTS) is 1. The van der Waals surface area contributed by atoms with Gasteiger partial charge in [-0.05, 0) is 105 Å². The summed E-state index contributed by atoms with van der Waals surface area (Å²) in [6.45, 7) is 13.7. The molecule has 11 heteroatoms. The molecule has 0 spiro atoms. The molecule has 4 heterocycles. The van der Waals surface area contributed by atoms with Crippen LogP contribution in [0.15, 0.2) is 107 Å². The summed E-state index contributed by atoms with van der Waals surface area (Å²) in [6.07, 6.45) is 11.2. The van der Waals surface area contributed by atoms with Crippen LogP contribution in [0.25, 0.3) is 21.8 Å². The molecule has 0 aliphatic heterocycles. The van der Waals surface area contributed by atoms with Gasteiger partial charge in [-0.2, -0.15) is 0 Å². The van der Waals surface area contributed by atoms with Crippen molar-refractivity contribution in [2.24, 2.45) is 5.41 Å². The molecule has 0 fully saturated rings. The number of hydrogen-bond acceptors (Lipinski definition) is 7. The van der Waals surface area contributed by atoms with Crippen LogP contribution < -0.4 is 10.1 Å². The predicted molar refractivity (Wildman–Crippen MR) is 223 cm³/mol. The number of amides is 1. The lowest BCUT2D eigenvalue weighted by Crippen LogP contribution is -2.24. The van der Waals surface area contributed by atoms with Crippen molar-refractivity contribution in [2.45, 2.75) is 79.9 Å². The molecule has 1 atom stereocenters. The van der Waals surface area contributed by atoms with Gasteiger partial charge in [-0.3, -0.25) is 14.8 Å². The fraction of sp³-hybridized carbons (Fsp3) is 0.302. The molecule has 0 aliphatic carbocycles. The Morgan fingerprint density at radius 3 is 1.85 bits per heavy atom. The first-order valence-electron chi connectivity index (χ1n) is 18.0. The van der Waals surface area contributed by atoms with E-state index in [0.29, 0.717) is 33.2 Å². The lowest BCUT2D eigenvalue weighted by Gasteiger charge is -2.23. The van der Waals surface area contributed by atoms with Gasteiger partial charge in [0.25, 0.3) is 5.91 Å². The third-order valence-electron chi connectivity index (χ3n) is 9.00. The Bertz CT molecular complexity index is 2190. The van der Waals surface area contributed by atoms with Crippen molar-refractivity contribution in [3.05, 3.63) is 135 Å². The van der Waals surface area contributed by atoms with E-state index in [1.54, 1.807) is 36.9 Å². The number of hydrogen-bond donors (Lipinski definition) is 2. The third kappa shape index (κ3) is 11.9. The molecule has 0 saturated carbocycles. The number of aryl methyl sites for hydroxylation is 1. The SMILES string of the molecule is CC[C@H](C)Oc1ccccc1CNC(=O)c1ccc2cncc(Br)c2n1.CCc1ccccc1CC(C)(C)CC.O=C(O)c1ccc2cncc(Br)c2n1. The van der Waals surface area contributed by atoms with Gasteiger partial charge in [-0.1, -0.05) is 83.5 Å². The third-order valence-corrected chi connectivity index (χ3v) is 10.2. The Hall–Kier alpha value is -4.74. The van der Waals surface area contributed by atoms with Crippen LogP contribution in [0.2, 0.25) is 0 Å². The molecular formula is C43H47Br2N5O4. The van der Waals surface area contributed by atoms with Crippen LogP contribution in [0.5, 0.6) is 5.75 Å². The Morgan fingerprint density at radius 1 is 0.759 bits per heavy atom. The Labute approximate surface area is 334 Å². The van der Waals surface area contributed by atoms with Crippen LogP contribution in [0, 0.1) is 5.41 Å². The highest BCUT2D eigenvalue weighted by Crippen LogP contribution is 2.27. The average Bonchev–Trinajstić information content (AvgIpc) is 3.18. The summed E-state index contributed by atoms with van der Waals surface area (Å²) in [6, 6.07) is 23.2. The maximum Gasteiger partial charge on any atom is 0.354 e. The molecule has 0 aliphatic rings. The van der Waals surface area contributed by atoms with Crippen LogP contribution in [-0.2, 0) is 19.4 Å². The summed E-state index contributed by atoms with van der Waals surface area (Å²) in [4.78, 5) is 39.7. The van der Waals surface area contributed by atoms with Crippen LogP contribution in [0.1, 0.15) is 92.1 Å². The minimum Gasteiger partial charge on any atom is -0.490 e. The van der Waals surface area contributed by atoms with Gasteiger partial charge in [0.15, 0.2) is 0 Å². The number of fused-ring (bicyclic) bond motifs is 2. The number of nitrogens with one attached hydrogen (secondary N) is 1. The number of nitrogens with zero attached hydrogens (tertiary/aromatic N) is 4. The van der Waals surface area contributed by atoms with E-state index in [4.69, 9.17) is 9.84 Å². The zero-order valence-corrected chi connectivity index (χ0v) is 34.7. The lowest BCUT2D eigenvalue weighted by molar-refractivity contribution is 0.0690. The van der Waals surface area contributed by atoms with Crippen molar-refractivity contribution >= 4 is 65.5 Å².